The summed E-state index contributed by atoms with van der Waals surface area (Å²) in [6.07, 6.45) is 0.800. The van der Waals surface area contributed by atoms with Crippen molar-refractivity contribution < 1.29 is 0 Å². The fraction of sp³-hybridized carbons (Fsp3) is 0.500. The van der Waals surface area contributed by atoms with Crippen LogP contribution in [0.25, 0.3) is 0 Å². The van der Waals surface area contributed by atoms with Gasteiger partial charge in [0.1, 0.15) is 5.82 Å². The van der Waals surface area contributed by atoms with E-state index in [1.54, 1.807) is 0 Å². The van der Waals surface area contributed by atoms with Crippen LogP contribution in [0.15, 0.2) is 0 Å². The predicted molar refractivity (Wildman–Crippen MR) is 40.5 cm³/mol. The maximum atomic E-state index is 5.53. The number of hydrogen-bond acceptors (Lipinski definition) is 3. The van der Waals surface area contributed by atoms with Crippen LogP contribution in [-0.4, -0.2) is 16.7 Å². The monoisotopic (exact) mass is 140 g/mol. The van der Waals surface area contributed by atoms with Gasteiger partial charge in [-0.25, -0.2) is 0 Å². The Morgan fingerprint density at radius 2 is 2.30 bits per heavy atom. The third-order valence-corrected chi connectivity index (χ3v) is 1.50. The van der Waals surface area contributed by atoms with E-state index in [1.165, 1.54) is 0 Å². The van der Waals surface area contributed by atoms with Gasteiger partial charge in [-0.3, -0.25) is 5.10 Å². The van der Waals surface area contributed by atoms with Gasteiger partial charge in [-0.05, 0) is 19.9 Å². The first-order valence-electron chi connectivity index (χ1n) is 3.25. The van der Waals surface area contributed by atoms with Crippen LogP contribution >= 0.6 is 0 Å². The Balaban J connectivity index is 2.87. The highest BCUT2D eigenvalue weighted by molar-refractivity contribution is 5.41. The molecule has 1 heterocycles. The second-order valence-electron chi connectivity index (χ2n) is 2.25. The molecule has 1 aromatic rings. The molecule has 0 atom stereocenters. The van der Waals surface area contributed by atoms with Gasteiger partial charge in [-0.15, -0.1) is 0 Å². The summed E-state index contributed by atoms with van der Waals surface area (Å²) in [5.41, 5.74) is 13.0. The fourth-order valence-corrected chi connectivity index (χ4v) is 0.931. The normalized spacial score (nSPS) is 10.2. The van der Waals surface area contributed by atoms with Crippen molar-refractivity contribution in [2.45, 2.75) is 13.3 Å². The van der Waals surface area contributed by atoms with Crippen molar-refractivity contribution in [2.75, 3.05) is 12.3 Å². The minimum absolute atomic E-state index is 0.572. The van der Waals surface area contributed by atoms with Gasteiger partial charge in [0.25, 0.3) is 0 Å². The molecular weight excluding hydrogens is 128 g/mol. The number of aryl methyl sites for hydroxylation is 1. The van der Waals surface area contributed by atoms with Gasteiger partial charge in [0.2, 0.25) is 0 Å². The second-order valence-corrected chi connectivity index (χ2v) is 2.25. The zero-order valence-corrected chi connectivity index (χ0v) is 6.02. The Bertz CT molecular complexity index is 196. The zero-order chi connectivity index (χ0) is 7.56. The highest BCUT2D eigenvalue weighted by Crippen LogP contribution is 2.11. The molecule has 5 N–H and O–H groups in total. The van der Waals surface area contributed by atoms with Crippen molar-refractivity contribution in [1.82, 2.24) is 10.2 Å². The van der Waals surface area contributed by atoms with E-state index in [0.717, 1.165) is 17.7 Å². The molecule has 0 unspecified atom stereocenters. The molecule has 1 rings (SSSR count). The zero-order valence-electron chi connectivity index (χ0n) is 6.02. The molecule has 0 amide bonds. The van der Waals surface area contributed by atoms with Gasteiger partial charge in [0.05, 0.1) is 0 Å². The summed E-state index contributed by atoms with van der Waals surface area (Å²) in [5, 5.41) is 6.62. The molecule has 0 aliphatic rings. The summed E-state index contributed by atoms with van der Waals surface area (Å²) in [5.74, 6) is 0.572. The summed E-state index contributed by atoms with van der Waals surface area (Å²) in [6, 6.07) is 0. The van der Waals surface area contributed by atoms with Crippen LogP contribution in [0.5, 0.6) is 0 Å². The Labute approximate surface area is 59.6 Å². The van der Waals surface area contributed by atoms with Crippen molar-refractivity contribution in [3.8, 4) is 0 Å². The van der Waals surface area contributed by atoms with E-state index in [0.29, 0.717) is 12.4 Å². The van der Waals surface area contributed by atoms with E-state index < -0.39 is 0 Å². The van der Waals surface area contributed by atoms with E-state index in [9.17, 15) is 0 Å². The van der Waals surface area contributed by atoms with Crippen LogP contribution in [0.3, 0.4) is 0 Å². The molecule has 4 heteroatoms. The van der Waals surface area contributed by atoms with Crippen LogP contribution in [0, 0.1) is 6.92 Å². The summed E-state index contributed by atoms with van der Waals surface area (Å²) in [4.78, 5) is 0. The van der Waals surface area contributed by atoms with Crippen LogP contribution in [-0.2, 0) is 6.42 Å². The maximum Gasteiger partial charge on any atom is 0.148 e. The van der Waals surface area contributed by atoms with Gasteiger partial charge in [0, 0.05) is 11.3 Å². The van der Waals surface area contributed by atoms with Crippen molar-refractivity contribution >= 4 is 5.82 Å². The summed E-state index contributed by atoms with van der Waals surface area (Å²) in [7, 11) is 0. The number of rotatable bonds is 2. The largest absolute Gasteiger partial charge is 0.382 e. The number of nitrogen functional groups attached to an aromatic ring is 1. The summed E-state index contributed by atoms with van der Waals surface area (Å²) < 4.78 is 0. The Hall–Kier alpha value is -1.03. The molecule has 4 nitrogen and oxygen atoms in total. The maximum absolute atomic E-state index is 5.53. The van der Waals surface area contributed by atoms with Crippen LogP contribution in [0.4, 0.5) is 5.82 Å². The van der Waals surface area contributed by atoms with Crippen molar-refractivity contribution in [3.05, 3.63) is 11.3 Å². The number of H-pyrrole nitrogens is 1. The summed E-state index contributed by atoms with van der Waals surface area (Å²) >= 11 is 0. The first-order valence-corrected chi connectivity index (χ1v) is 3.25. The average molecular weight is 140 g/mol. The first-order chi connectivity index (χ1) is 4.75. The van der Waals surface area contributed by atoms with Gasteiger partial charge < -0.3 is 11.5 Å². The smallest absolute Gasteiger partial charge is 0.148 e. The van der Waals surface area contributed by atoms with Crippen molar-refractivity contribution in [3.63, 3.8) is 0 Å². The number of aromatic amines is 1. The van der Waals surface area contributed by atoms with E-state index in [1.807, 2.05) is 6.92 Å². The standard InChI is InChI=1S/C6H12N4/c1-4-5(2-3-7)6(8)10-9-4/h2-3,7H2,1H3,(H3,8,9,10). The number of nitrogens with zero attached hydrogens (tertiary/aromatic N) is 1. The second kappa shape index (κ2) is 2.70. The molecule has 1 aromatic heterocycles. The Kier molecular flexibility index (Phi) is 1.91. The molecular formula is C6H12N4. The lowest BCUT2D eigenvalue weighted by molar-refractivity contribution is 0.957. The lowest BCUT2D eigenvalue weighted by Crippen LogP contribution is -2.04. The van der Waals surface area contributed by atoms with Crippen molar-refractivity contribution in [1.29, 1.82) is 0 Å². The molecule has 10 heavy (non-hydrogen) atoms. The number of nitrogens with two attached hydrogens (primary N) is 2. The van der Waals surface area contributed by atoms with Crippen molar-refractivity contribution in [2.24, 2.45) is 5.73 Å². The third-order valence-electron chi connectivity index (χ3n) is 1.50. The molecule has 0 bridgehead atoms. The van der Waals surface area contributed by atoms with Gasteiger partial charge in [-0.1, -0.05) is 0 Å². The number of anilines is 1. The van der Waals surface area contributed by atoms with E-state index >= 15 is 0 Å². The molecule has 0 aliphatic heterocycles. The van der Waals surface area contributed by atoms with E-state index in [2.05, 4.69) is 10.2 Å². The molecule has 0 aromatic carbocycles. The van der Waals surface area contributed by atoms with Crippen LogP contribution < -0.4 is 11.5 Å². The molecule has 0 saturated heterocycles. The first kappa shape index (κ1) is 7.08. The SMILES string of the molecule is Cc1[nH]nc(N)c1CCN. The Morgan fingerprint density at radius 3 is 2.70 bits per heavy atom. The number of nitrogens with one attached hydrogen (secondary N) is 1. The molecule has 0 spiro atoms. The van der Waals surface area contributed by atoms with Gasteiger partial charge in [-0.2, -0.15) is 5.10 Å². The molecule has 0 saturated carbocycles. The van der Waals surface area contributed by atoms with Crippen LogP contribution in [0.1, 0.15) is 11.3 Å². The molecule has 56 valence electrons. The highest BCUT2D eigenvalue weighted by atomic mass is 15.2. The van der Waals surface area contributed by atoms with Gasteiger partial charge >= 0.3 is 0 Å². The minimum Gasteiger partial charge on any atom is -0.382 e. The molecule has 0 fully saturated rings. The van der Waals surface area contributed by atoms with E-state index in [4.69, 9.17) is 11.5 Å². The van der Waals surface area contributed by atoms with Crippen LogP contribution in [0.2, 0.25) is 0 Å². The third kappa shape index (κ3) is 1.11. The lowest BCUT2D eigenvalue weighted by Gasteiger charge is -1.94. The minimum atomic E-state index is 0.572. The fourth-order valence-electron chi connectivity index (χ4n) is 0.931. The number of hydrogen-bond donors (Lipinski definition) is 3. The Morgan fingerprint density at radius 1 is 1.60 bits per heavy atom. The van der Waals surface area contributed by atoms with Gasteiger partial charge in [0.15, 0.2) is 0 Å². The lowest BCUT2D eigenvalue weighted by atomic mass is 10.2. The number of aromatic nitrogens is 2. The predicted octanol–water partition coefficient (Wildman–Crippen LogP) is -0.198. The molecule has 0 radical (unpaired) electrons. The highest BCUT2D eigenvalue weighted by Gasteiger charge is 2.04. The van der Waals surface area contributed by atoms with E-state index in [-0.39, 0.29) is 0 Å². The molecule has 0 aliphatic carbocycles. The summed E-state index contributed by atoms with van der Waals surface area (Å²) in [6.45, 7) is 2.55. The average Bonchev–Trinajstić information content (AvgIpc) is 2.20. The quantitative estimate of drug-likeness (QED) is 0.532. The topological polar surface area (TPSA) is 80.7 Å².